The van der Waals surface area contributed by atoms with E-state index in [1.807, 2.05) is 23.0 Å². The van der Waals surface area contributed by atoms with Crippen molar-refractivity contribution in [1.82, 2.24) is 15.1 Å². The molecule has 0 saturated carbocycles. The highest BCUT2D eigenvalue weighted by molar-refractivity contribution is 5.82. The Hall–Kier alpha value is -2.10. The molecule has 0 radical (unpaired) electrons. The van der Waals surface area contributed by atoms with Gasteiger partial charge in [0, 0.05) is 18.4 Å². The van der Waals surface area contributed by atoms with E-state index in [0.29, 0.717) is 19.5 Å². The Balaban J connectivity index is 2.06. The molecule has 0 unspecified atom stereocenters. The number of hydrogen-bond donors (Lipinski definition) is 1. The van der Waals surface area contributed by atoms with Crippen LogP contribution >= 0.6 is 0 Å². The van der Waals surface area contributed by atoms with Crippen LogP contribution in [0.3, 0.4) is 0 Å². The molecule has 4 heteroatoms. The molecule has 2 rings (SSSR count). The molecule has 0 aliphatic rings. The van der Waals surface area contributed by atoms with Crippen molar-refractivity contribution >= 4 is 16.8 Å². The first-order valence-electron chi connectivity index (χ1n) is 6.01. The monoisotopic (exact) mass is 243 g/mol. The molecule has 0 spiro atoms. The zero-order chi connectivity index (χ0) is 13.0. The largest absolute Gasteiger partial charge is 0.353 e. The fourth-order valence-electron chi connectivity index (χ4n) is 1.91. The van der Waals surface area contributed by atoms with E-state index in [9.17, 15) is 4.79 Å². The minimum Gasteiger partial charge on any atom is -0.353 e. The van der Waals surface area contributed by atoms with Crippen molar-refractivity contribution in [2.75, 3.05) is 6.54 Å². The van der Waals surface area contributed by atoms with Crippen LogP contribution in [-0.4, -0.2) is 22.2 Å². The van der Waals surface area contributed by atoms with Gasteiger partial charge in [-0.1, -0.05) is 18.2 Å². The third kappa shape index (κ3) is 2.59. The lowest BCUT2D eigenvalue weighted by Gasteiger charge is -2.04. The second-order valence-electron chi connectivity index (χ2n) is 4.22. The minimum atomic E-state index is 0.0196. The molecule has 1 amide bonds. The molecule has 94 valence electrons. The van der Waals surface area contributed by atoms with E-state index in [1.54, 1.807) is 6.08 Å². The van der Waals surface area contributed by atoms with Gasteiger partial charge in [-0.05, 0) is 18.6 Å². The summed E-state index contributed by atoms with van der Waals surface area (Å²) in [7, 11) is 0. The third-order valence-electron chi connectivity index (χ3n) is 2.90. The predicted octanol–water partition coefficient (Wildman–Crippen LogP) is 2.04. The maximum Gasteiger partial charge on any atom is 0.222 e. The number of fused-ring (bicyclic) bond motifs is 1. The quantitative estimate of drug-likeness (QED) is 0.817. The summed E-state index contributed by atoms with van der Waals surface area (Å²) < 4.78 is 1.87. The lowest BCUT2D eigenvalue weighted by Crippen LogP contribution is -2.24. The number of benzene rings is 1. The van der Waals surface area contributed by atoms with E-state index in [4.69, 9.17) is 0 Å². The van der Waals surface area contributed by atoms with E-state index in [1.165, 1.54) is 5.56 Å². The van der Waals surface area contributed by atoms with Gasteiger partial charge in [0.1, 0.15) is 0 Å². The average Bonchev–Trinajstić information content (AvgIpc) is 2.78. The number of nitrogens with one attached hydrogen (secondary N) is 1. The molecule has 1 N–H and O–H groups in total. The van der Waals surface area contributed by atoms with Crippen LogP contribution in [0.5, 0.6) is 0 Å². The molecule has 2 aromatic rings. The van der Waals surface area contributed by atoms with E-state index < -0.39 is 0 Å². The van der Waals surface area contributed by atoms with Gasteiger partial charge in [-0.15, -0.1) is 6.58 Å². The maximum absolute atomic E-state index is 11.5. The standard InChI is InChI=1S/C14H17N3O/c1-3-8-15-14(18)7-9-17-13-6-4-5-11(2)12(13)10-16-17/h3-6,10H,1,7-9H2,2H3,(H,15,18). The zero-order valence-corrected chi connectivity index (χ0v) is 10.5. The molecule has 0 atom stereocenters. The molecule has 0 saturated heterocycles. The lowest BCUT2D eigenvalue weighted by atomic mass is 10.1. The summed E-state index contributed by atoms with van der Waals surface area (Å²) in [6, 6.07) is 6.09. The number of nitrogens with zero attached hydrogens (tertiary/aromatic N) is 2. The molecule has 1 aromatic carbocycles. The van der Waals surface area contributed by atoms with Gasteiger partial charge in [-0.2, -0.15) is 5.10 Å². The smallest absolute Gasteiger partial charge is 0.222 e. The summed E-state index contributed by atoms with van der Waals surface area (Å²) in [5.74, 6) is 0.0196. The predicted molar refractivity (Wildman–Crippen MR) is 72.3 cm³/mol. The van der Waals surface area contributed by atoms with Crippen molar-refractivity contribution in [3.63, 3.8) is 0 Å². The second-order valence-corrected chi connectivity index (χ2v) is 4.22. The molecule has 1 heterocycles. The molecule has 0 fully saturated rings. The van der Waals surface area contributed by atoms with E-state index in [2.05, 4.69) is 30.0 Å². The lowest BCUT2D eigenvalue weighted by molar-refractivity contribution is -0.121. The third-order valence-corrected chi connectivity index (χ3v) is 2.90. The van der Waals surface area contributed by atoms with Crippen LogP contribution < -0.4 is 5.32 Å². The van der Waals surface area contributed by atoms with E-state index in [-0.39, 0.29) is 5.91 Å². The van der Waals surface area contributed by atoms with Crippen LogP contribution in [0.25, 0.3) is 10.9 Å². The Morgan fingerprint density at radius 3 is 3.17 bits per heavy atom. The van der Waals surface area contributed by atoms with Gasteiger partial charge in [0.05, 0.1) is 18.3 Å². The molecule has 18 heavy (non-hydrogen) atoms. The summed E-state index contributed by atoms with van der Waals surface area (Å²) in [6.07, 6.45) is 3.95. The number of carbonyl (C=O) groups is 1. The first kappa shape index (κ1) is 12.4. The van der Waals surface area contributed by atoms with E-state index in [0.717, 1.165) is 10.9 Å². The summed E-state index contributed by atoms with van der Waals surface area (Å²) in [6.45, 7) is 6.73. The highest BCUT2D eigenvalue weighted by Crippen LogP contribution is 2.17. The molecular weight excluding hydrogens is 226 g/mol. The molecule has 0 bridgehead atoms. The topological polar surface area (TPSA) is 46.9 Å². The number of hydrogen-bond acceptors (Lipinski definition) is 2. The van der Waals surface area contributed by atoms with Gasteiger partial charge in [0.15, 0.2) is 0 Å². The number of aryl methyl sites for hydroxylation is 2. The van der Waals surface area contributed by atoms with Gasteiger partial charge >= 0.3 is 0 Å². The van der Waals surface area contributed by atoms with Crippen molar-refractivity contribution in [2.45, 2.75) is 19.9 Å². The summed E-state index contributed by atoms with van der Waals surface area (Å²) in [4.78, 5) is 11.5. The number of carbonyl (C=O) groups excluding carboxylic acids is 1. The molecular formula is C14H17N3O. The molecule has 0 aliphatic heterocycles. The van der Waals surface area contributed by atoms with Crippen molar-refractivity contribution in [1.29, 1.82) is 0 Å². The van der Waals surface area contributed by atoms with Crippen molar-refractivity contribution in [3.05, 3.63) is 42.6 Å². The van der Waals surface area contributed by atoms with E-state index >= 15 is 0 Å². The molecule has 4 nitrogen and oxygen atoms in total. The maximum atomic E-state index is 11.5. The highest BCUT2D eigenvalue weighted by atomic mass is 16.1. The number of aromatic nitrogens is 2. The number of rotatable bonds is 5. The van der Waals surface area contributed by atoms with Gasteiger partial charge in [-0.3, -0.25) is 9.48 Å². The van der Waals surface area contributed by atoms with Gasteiger partial charge in [-0.25, -0.2) is 0 Å². The molecule has 1 aromatic heterocycles. The minimum absolute atomic E-state index is 0.0196. The first-order valence-corrected chi connectivity index (χ1v) is 6.01. The zero-order valence-electron chi connectivity index (χ0n) is 10.5. The first-order chi connectivity index (χ1) is 8.72. The van der Waals surface area contributed by atoms with Crippen LogP contribution in [0.1, 0.15) is 12.0 Å². The Bertz CT molecular complexity index is 571. The van der Waals surface area contributed by atoms with Crippen LogP contribution in [-0.2, 0) is 11.3 Å². The normalized spacial score (nSPS) is 10.5. The highest BCUT2D eigenvalue weighted by Gasteiger charge is 2.06. The Labute approximate surface area is 106 Å². The fourth-order valence-corrected chi connectivity index (χ4v) is 1.91. The Morgan fingerprint density at radius 1 is 1.56 bits per heavy atom. The number of amides is 1. The van der Waals surface area contributed by atoms with Gasteiger partial charge in [0.25, 0.3) is 0 Å². The van der Waals surface area contributed by atoms with Crippen molar-refractivity contribution < 1.29 is 4.79 Å². The van der Waals surface area contributed by atoms with Crippen LogP contribution in [0.4, 0.5) is 0 Å². The summed E-state index contributed by atoms with van der Waals surface area (Å²) in [5, 5.41) is 8.22. The van der Waals surface area contributed by atoms with Crippen molar-refractivity contribution in [3.8, 4) is 0 Å². The van der Waals surface area contributed by atoms with Crippen LogP contribution in [0.15, 0.2) is 37.1 Å². The Morgan fingerprint density at radius 2 is 2.39 bits per heavy atom. The van der Waals surface area contributed by atoms with Gasteiger partial charge < -0.3 is 5.32 Å². The average molecular weight is 243 g/mol. The summed E-state index contributed by atoms with van der Waals surface area (Å²) in [5.41, 5.74) is 2.28. The molecule has 0 aliphatic carbocycles. The summed E-state index contributed by atoms with van der Waals surface area (Å²) >= 11 is 0. The SMILES string of the molecule is C=CCNC(=O)CCn1ncc2c(C)cccc21. The second kappa shape index (κ2) is 5.49. The van der Waals surface area contributed by atoms with Crippen LogP contribution in [0.2, 0.25) is 0 Å². The van der Waals surface area contributed by atoms with Crippen LogP contribution in [0, 0.1) is 6.92 Å². The fraction of sp³-hybridized carbons (Fsp3) is 0.286. The Kier molecular flexibility index (Phi) is 3.77. The van der Waals surface area contributed by atoms with Crippen molar-refractivity contribution in [2.24, 2.45) is 0 Å². The van der Waals surface area contributed by atoms with Gasteiger partial charge in [0.2, 0.25) is 5.91 Å².